The van der Waals surface area contributed by atoms with E-state index >= 15 is 0 Å². The Balaban J connectivity index is 1.40. The summed E-state index contributed by atoms with van der Waals surface area (Å²) in [5.74, 6) is 0.603. The molecule has 0 unspecified atom stereocenters. The normalized spacial score (nSPS) is 19.0. The molecule has 2 fully saturated rings. The molecular weight excluding hydrogens is 370 g/mol. The number of ether oxygens (including phenoxy) is 1. The van der Waals surface area contributed by atoms with Gasteiger partial charge in [0, 0.05) is 24.2 Å². The summed E-state index contributed by atoms with van der Waals surface area (Å²) in [6.45, 7) is 3.45. The van der Waals surface area contributed by atoms with Crippen molar-refractivity contribution in [1.82, 2.24) is 20.1 Å². The third-order valence-electron chi connectivity index (χ3n) is 5.42. The van der Waals surface area contributed by atoms with Gasteiger partial charge in [0.1, 0.15) is 11.7 Å². The minimum absolute atomic E-state index is 0.0489. The van der Waals surface area contributed by atoms with Gasteiger partial charge in [-0.1, -0.05) is 16.7 Å². The highest BCUT2D eigenvalue weighted by molar-refractivity contribution is 6.30. The fraction of sp³-hybridized carbons (Fsp3) is 0.556. The second-order valence-electron chi connectivity index (χ2n) is 7.32. The maximum absolute atomic E-state index is 12.7. The summed E-state index contributed by atoms with van der Waals surface area (Å²) in [7, 11) is 1.50. The molecule has 8 nitrogen and oxygen atoms in total. The van der Waals surface area contributed by atoms with Crippen LogP contribution in [0.25, 0.3) is 11.6 Å². The van der Waals surface area contributed by atoms with Gasteiger partial charge in [-0.3, -0.25) is 4.79 Å². The molecule has 1 aliphatic heterocycles. The van der Waals surface area contributed by atoms with Crippen molar-refractivity contribution < 1.29 is 13.9 Å². The number of nitrogens with zero attached hydrogens (tertiary/aromatic N) is 4. The van der Waals surface area contributed by atoms with Gasteiger partial charge in [-0.15, -0.1) is 5.10 Å². The fourth-order valence-corrected chi connectivity index (χ4v) is 3.67. The molecule has 1 N–H and O–H groups in total. The van der Waals surface area contributed by atoms with Crippen LogP contribution in [0.4, 0.5) is 6.01 Å². The van der Waals surface area contributed by atoms with Crippen LogP contribution in [-0.2, 0) is 4.79 Å². The Labute approximate surface area is 162 Å². The number of carbonyl (C=O) groups excluding carboxylic acids is 1. The molecule has 0 aromatic carbocycles. The number of carbonyl (C=O) groups is 1. The smallest absolute Gasteiger partial charge is 0.316 e. The van der Waals surface area contributed by atoms with E-state index in [4.69, 9.17) is 20.8 Å². The monoisotopic (exact) mass is 391 g/mol. The van der Waals surface area contributed by atoms with Gasteiger partial charge in [0.15, 0.2) is 0 Å². The summed E-state index contributed by atoms with van der Waals surface area (Å²) in [4.78, 5) is 18.8. The molecule has 2 aromatic heterocycles. The molecule has 27 heavy (non-hydrogen) atoms. The van der Waals surface area contributed by atoms with Gasteiger partial charge in [0.25, 0.3) is 5.89 Å². The number of aromatic nitrogens is 3. The van der Waals surface area contributed by atoms with Gasteiger partial charge in [0.05, 0.1) is 7.11 Å². The van der Waals surface area contributed by atoms with Gasteiger partial charge in [-0.2, -0.15) is 0 Å². The Morgan fingerprint density at radius 2 is 2.04 bits per heavy atom. The van der Waals surface area contributed by atoms with Crippen molar-refractivity contribution in [2.24, 2.45) is 5.41 Å². The first-order valence-electron chi connectivity index (χ1n) is 9.09. The topological polar surface area (TPSA) is 93.4 Å². The van der Waals surface area contributed by atoms with Gasteiger partial charge < -0.3 is 19.4 Å². The summed E-state index contributed by atoms with van der Waals surface area (Å²) in [5, 5.41) is 11.4. The predicted octanol–water partition coefficient (Wildman–Crippen LogP) is 3.00. The Hall–Kier alpha value is -2.35. The lowest BCUT2D eigenvalue weighted by atomic mass is 9.93. The molecule has 1 aliphatic carbocycles. The van der Waals surface area contributed by atoms with Crippen LogP contribution in [0.2, 0.25) is 5.02 Å². The maximum atomic E-state index is 12.7. The third-order valence-corrected chi connectivity index (χ3v) is 5.64. The molecule has 2 aromatic rings. The second kappa shape index (κ2) is 6.99. The Morgan fingerprint density at radius 3 is 2.70 bits per heavy atom. The first-order valence-corrected chi connectivity index (χ1v) is 9.47. The molecule has 0 bridgehead atoms. The van der Waals surface area contributed by atoms with Gasteiger partial charge in [0.2, 0.25) is 11.8 Å². The third kappa shape index (κ3) is 3.85. The molecule has 1 atom stereocenters. The average Bonchev–Trinajstić information content (AvgIpc) is 3.25. The zero-order valence-corrected chi connectivity index (χ0v) is 16.1. The van der Waals surface area contributed by atoms with Crippen LogP contribution in [0.1, 0.15) is 32.6 Å². The standard InChI is InChI=1S/C18H22ClN5O3/c1-11(16(25)24-7-5-18(3-4-18)6-8-24)20-17-23-22-15(27-17)13-9-12(19)10-14(21-13)26-2/h9-11H,3-8H2,1-2H3,(H,20,23)/t11-/m0/s1. The van der Waals surface area contributed by atoms with E-state index in [1.165, 1.54) is 20.0 Å². The number of methoxy groups -OCH3 is 1. The Morgan fingerprint density at radius 1 is 1.30 bits per heavy atom. The Kier molecular flexibility index (Phi) is 4.67. The number of hydrogen-bond acceptors (Lipinski definition) is 7. The van der Waals surface area contributed by atoms with Crippen LogP contribution in [0.3, 0.4) is 0 Å². The number of anilines is 1. The molecule has 3 heterocycles. The number of rotatable bonds is 5. The average molecular weight is 392 g/mol. The first-order chi connectivity index (χ1) is 13.0. The number of halogens is 1. The maximum Gasteiger partial charge on any atom is 0.316 e. The van der Waals surface area contributed by atoms with Crippen molar-refractivity contribution in [3.63, 3.8) is 0 Å². The van der Waals surface area contributed by atoms with E-state index in [2.05, 4.69) is 20.5 Å². The van der Waals surface area contributed by atoms with Crippen molar-refractivity contribution in [2.75, 3.05) is 25.5 Å². The molecular formula is C18H22ClN5O3. The van der Waals surface area contributed by atoms with Crippen molar-refractivity contribution in [3.8, 4) is 17.5 Å². The SMILES string of the molecule is COc1cc(Cl)cc(-c2nnc(N[C@@H](C)C(=O)N3CCC4(CC3)CC4)o2)n1. The van der Waals surface area contributed by atoms with Crippen LogP contribution in [0, 0.1) is 5.41 Å². The van der Waals surface area contributed by atoms with Crippen molar-refractivity contribution >= 4 is 23.5 Å². The summed E-state index contributed by atoms with van der Waals surface area (Å²) >= 11 is 6.05. The van der Waals surface area contributed by atoms with Crippen LogP contribution >= 0.6 is 11.6 Å². The van der Waals surface area contributed by atoms with E-state index in [1.54, 1.807) is 19.1 Å². The highest BCUT2D eigenvalue weighted by atomic mass is 35.5. The van der Waals surface area contributed by atoms with Crippen LogP contribution in [-0.4, -0.2) is 52.2 Å². The lowest BCUT2D eigenvalue weighted by Gasteiger charge is -2.33. The molecule has 1 saturated carbocycles. The van der Waals surface area contributed by atoms with Gasteiger partial charge in [-0.05, 0) is 44.1 Å². The highest BCUT2D eigenvalue weighted by Crippen LogP contribution is 2.53. The van der Waals surface area contributed by atoms with Gasteiger partial charge >= 0.3 is 6.01 Å². The summed E-state index contributed by atoms with van der Waals surface area (Å²) in [5.41, 5.74) is 0.949. The van der Waals surface area contributed by atoms with Crippen molar-refractivity contribution in [3.05, 3.63) is 17.2 Å². The number of hydrogen-bond donors (Lipinski definition) is 1. The molecule has 1 spiro atoms. The van der Waals surface area contributed by atoms with Crippen molar-refractivity contribution in [2.45, 2.75) is 38.6 Å². The molecule has 2 aliphatic rings. The number of amides is 1. The molecule has 144 valence electrons. The highest BCUT2D eigenvalue weighted by Gasteiger charge is 2.45. The number of piperidine rings is 1. The minimum atomic E-state index is -0.451. The zero-order chi connectivity index (χ0) is 19.0. The summed E-state index contributed by atoms with van der Waals surface area (Å²) in [6, 6.07) is 2.92. The quantitative estimate of drug-likeness (QED) is 0.837. The summed E-state index contributed by atoms with van der Waals surface area (Å²) in [6.07, 6.45) is 4.85. The first kappa shape index (κ1) is 18.0. The van der Waals surface area contributed by atoms with E-state index in [-0.39, 0.29) is 17.8 Å². The number of likely N-dealkylation sites (tertiary alicyclic amines) is 1. The van der Waals surface area contributed by atoms with E-state index < -0.39 is 6.04 Å². The molecule has 1 amide bonds. The van der Waals surface area contributed by atoms with Crippen LogP contribution in [0.5, 0.6) is 5.88 Å². The van der Waals surface area contributed by atoms with Crippen LogP contribution in [0.15, 0.2) is 16.5 Å². The minimum Gasteiger partial charge on any atom is -0.481 e. The van der Waals surface area contributed by atoms with E-state index in [0.29, 0.717) is 22.0 Å². The molecule has 1 saturated heterocycles. The molecule has 9 heteroatoms. The van der Waals surface area contributed by atoms with Gasteiger partial charge in [-0.25, -0.2) is 4.98 Å². The second-order valence-corrected chi connectivity index (χ2v) is 7.75. The van der Waals surface area contributed by atoms with Crippen LogP contribution < -0.4 is 10.1 Å². The molecule has 4 rings (SSSR count). The lowest BCUT2D eigenvalue weighted by Crippen LogP contribution is -2.45. The van der Waals surface area contributed by atoms with E-state index in [1.807, 2.05) is 4.90 Å². The van der Waals surface area contributed by atoms with E-state index in [9.17, 15) is 4.79 Å². The fourth-order valence-electron chi connectivity index (χ4n) is 3.47. The molecule has 0 radical (unpaired) electrons. The Bertz CT molecular complexity index is 841. The zero-order valence-electron chi connectivity index (χ0n) is 15.4. The van der Waals surface area contributed by atoms with Crippen molar-refractivity contribution in [1.29, 1.82) is 0 Å². The van der Waals surface area contributed by atoms with E-state index in [0.717, 1.165) is 25.9 Å². The number of pyridine rings is 1. The lowest BCUT2D eigenvalue weighted by molar-refractivity contribution is -0.133. The predicted molar refractivity (Wildman–Crippen MR) is 99.7 cm³/mol. The largest absolute Gasteiger partial charge is 0.481 e. The summed E-state index contributed by atoms with van der Waals surface area (Å²) < 4.78 is 10.7. The number of nitrogens with one attached hydrogen (secondary N) is 1.